The van der Waals surface area contributed by atoms with E-state index in [0.717, 1.165) is 31.7 Å². The summed E-state index contributed by atoms with van der Waals surface area (Å²) in [6.07, 6.45) is 7.91. The lowest BCUT2D eigenvalue weighted by atomic mass is 9.85. The second kappa shape index (κ2) is 6.35. The van der Waals surface area contributed by atoms with Crippen LogP contribution in [0, 0.1) is 0 Å². The number of nitrogens with zero attached hydrogens (tertiary/aromatic N) is 3. The number of thiophene rings is 1. The van der Waals surface area contributed by atoms with Crippen molar-refractivity contribution in [1.82, 2.24) is 14.5 Å². The maximum absolute atomic E-state index is 12.6. The van der Waals surface area contributed by atoms with Crippen molar-refractivity contribution in [3.63, 3.8) is 0 Å². The van der Waals surface area contributed by atoms with Crippen molar-refractivity contribution in [2.75, 3.05) is 19.7 Å². The molecule has 5 rings (SSSR count). The van der Waals surface area contributed by atoms with Gasteiger partial charge in [0.2, 0.25) is 0 Å². The maximum atomic E-state index is 12.6. The second-order valence-corrected chi connectivity index (χ2v) is 8.24. The molecule has 6 nitrogen and oxygen atoms in total. The lowest BCUT2D eigenvalue weighted by Crippen LogP contribution is -2.47. The van der Waals surface area contributed by atoms with Gasteiger partial charge in [0.1, 0.15) is 11.4 Å². The molecule has 0 saturated carbocycles. The second-order valence-electron chi connectivity index (χ2n) is 7.19. The third-order valence-corrected chi connectivity index (χ3v) is 6.96. The number of rotatable bonds is 2. The van der Waals surface area contributed by atoms with Gasteiger partial charge in [-0.05, 0) is 43.0 Å². The molecule has 1 spiro atoms. The molecule has 27 heavy (non-hydrogen) atoms. The van der Waals surface area contributed by atoms with Gasteiger partial charge >= 0.3 is 0 Å². The fourth-order valence-corrected chi connectivity index (χ4v) is 5.58. The van der Waals surface area contributed by atoms with E-state index in [1.165, 1.54) is 15.3 Å². The summed E-state index contributed by atoms with van der Waals surface area (Å²) in [5, 5.41) is 0. The molecule has 2 aliphatic rings. The van der Waals surface area contributed by atoms with Crippen molar-refractivity contribution in [2.24, 2.45) is 7.05 Å². The first-order valence-electron chi connectivity index (χ1n) is 9.24. The van der Waals surface area contributed by atoms with Crippen LogP contribution in [-0.4, -0.2) is 40.1 Å². The number of fused-ring (bicyclic) bond motifs is 2. The van der Waals surface area contributed by atoms with Crippen LogP contribution in [0.4, 0.5) is 0 Å². The van der Waals surface area contributed by atoms with Gasteiger partial charge in [-0.25, -0.2) is 4.98 Å². The predicted octanol–water partition coefficient (Wildman–Crippen LogP) is 3.45. The van der Waals surface area contributed by atoms with Gasteiger partial charge < -0.3 is 18.6 Å². The molecule has 140 valence electrons. The zero-order valence-corrected chi connectivity index (χ0v) is 16.0. The molecule has 0 bridgehead atoms. The Morgan fingerprint density at radius 3 is 2.89 bits per heavy atom. The Bertz CT molecular complexity index is 965. The van der Waals surface area contributed by atoms with Gasteiger partial charge in [-0.1, -0.05) is 0 Å². The Morgan fingerprint density at radius 2 is 2.19 bits per heavy atom. The summed E-state index contributed by atoms with van der Waals surface area (Å²) in [6.45, 7) is 2.08. The fourth-order valence-electron chi connectivity index (χ4n) is 4.13. The van der Waals surface area contributed by atoms with E-state index in [-0.39, 0.29) is 11.5 Å². The Hall–Kier alpha value is -2.38. The molecule has 0 aromatic carbocycles. The number of amides is 1. The van der Waals surface area contributed by atoms with Crippen molar-refractivity contribution in [3.8, 4) is 10.7 Å². The van der Waals surface area contributed by atoms with Crippen molar-refractivity contribution in [1.29, 1.82) is 0 Å². The highest BCUT2D eigenvalue weighted by atomic mass is 32.1. The summed E-state index contributed by atoms with van der Waals surface area (Å²) in [4.78, 5) is 21.4. The smallest absolute Gasteiger partial charge is 0.289 e. The SMILES string of the molecule is Cn1ccnc1-c1cc2c(s1)C1(CCN(C(=O)c3ccco3)CC1)OCC2. The van der Waals surface area contributed by atoms with Gasteiger partial charge in [0, 0.05) is 37.4 Å². The summed E-state index contributed by atoms with van der Waals surface area (Å²) in [7, 11) is 2.02. The summed E-state index contributed by atoms with van der Waals surface area (Å²) in [5.41, 5.74) is 1.09. The van der Waals surface area contributed by atoms with Crippen LogP contribution in [0.3, 0.4) is 0 Å². The van der Waals surface area contributed by atoms with Gasteiger partial charge in [-0.2, -0.15) is 0 Å². The van der Waals surface area contributed by atoms with Crippen LogP contribution in [0.1, 0.15) is 33.8 Å². The van der Waals surface area contributed by atoms with E-state index < -0.39 is 0 Å². The molecule has 1 fully saturated rings. The van der Waals surface area contributed by atoms with Gasteiger partial charge in [0.05, 0.1) is 17.7 Å². The molecular weight excluding hydrogens is 362 g/mol. The van der Waals surface area contributed by atoms with Crippen LogP contribution in [0.15, 0.2) is 41.3 Å². The summed E-state index contributed by atoms with van der Waals surface area (Å²) < 4.78 is 13.7. The van der Waals surface area contributed by atoms with Gasteiger partial charge in [0.25, 0.3) is 5.91 Å². The number of aromatic nitrogens is 2. The number of carbonyl (C=O) groups excluding carboxylic acids is 1. The number of furan rings is 1. The van der Waals surface area contributed by atoms with Gasteiger partial charge in [-0.15, -0.1) is 11.3 Å². The first-order chi connectivity index (χ1) is 13.2. The zero-order chi connectivity index (χ0) is 18.4. The molecule has 0 radical (unpaired) electrons. The molecule has 0 aliphatic carbocycles. The minimum Gasteiger partial charge on any atom is -0.459 e. The quantitative estimate of drug-likeness (QED) is 0.680. The number of imidazole rings is 1. The van der Waals surface area contributed by atoms with E-state index in [2.05, 4.69) is 15.6 Å². The maximum Gasteiger partial charge on any atom is 0.289 e. The largest absolute Gasteiger partial charge is 0.459 e. The van der Waals surface area contributed by atoms with Gasteiger partial charge in [0.15, 0.2) is 5.76 Å². The van der Waals surface area contributed by atoms with Crippen LogP contribution in [0.5, 0.6) is 0 Å². The van der Waals surface area contributed by atoms with Crippen molar-refractivity contribution >= 4 is 17.2 Å². The van der Waals surface area contributed by atoms with Crippen molar-refractivity contribution in [3.05, 3.63) is 53.1 Å². The van der Waals surface area contributed by atoms with Gasteiger partial charge in [-0.3, -0.25) is 4.79 Å². The van der Waals surface area contributed by atoms with E-state index in [1.54, 1.807) is 29.7 Å². The minimum atomic E-state index is -0.276. The van der Waals surface area contributed by atoms with E-state index in [4.69, 9.17) is 9.15 Å². The molecule has 5 heterocycles. The lowest BCUT2D eigenvalue weighted by Gasteiger charge is -2.43. The highest BCUT2D eigenvalue weighted by molar-refractivity contribution is 7.15. The van der Waals surface area contributed by atoms with Crippen LogP contribution in [0.2, 0.25) is 0 Å². The van der Waals surface area contributed by atoms with E-state index in [0.29, 0.717) is 18.8 Å². The first-order valence-corrected chi connectivity index (χ1v) is 10.1. The molecule has 0 atom stereocenters. The Kier molecular flexibility index (Phi) is 3.94. The summed E-state index contributed by atoms with van der Waals surface area (Å²) in [6, 6.07) is 5.74. The number of carbonyl (C=O) groups is 1. The normalized spacial score (nSPS) is 18.6. The minimum absolute atomic E-state index is 0.0363. The number of likely N-dealkylation sites (tertiary alicyclic amines) is 1. The summed E-state index contributed by atoms with van der Waals surface area (Å²) in [5.74, 6) is 1.37. The Labute approximate surface area is 161 Å². The fraction of sp³-hybridized carbons (Fsp3) is 0.400. The molecule has 1 saturated heterocycles. The molecule has 3 aromatic heterocycles. The van der Waals surface area contributed by atoms with Crippen LogP contribution in [0.25, 0.3) is 10.7 Å². The highest BCUT2D eigenvalue weighted by Gasteiger charge is 2.43. The number of hydrogen-bond donors (Lipinski definition) is 0. The predicted molar refractivity (Wildman–Crippen MR) is 102 cm³/mol. The van der Waals surface area contributed by atoms with E-state index >= 15 is 0 Å². The number of aryl methyl sites for hydroxylation is 1. The van der Waals surface area contributed by atoms with Crippen molar-refractivity contribution < 1.29 is 13.9 Å². The zero-order valence-electron chi connectivity index (χ0n) is 15.2. The average Bonchev–Trinajstić information content (AvgIpc) is 3.42. The molecule has 3 aromatic rings. The van der Waals surface area contributed by atoms with Crippen LogP contribution >= 0.6 is 11.3 Å². The van der Waals surface area contributed by atoms with E-state index in [9.17, 15) is 4.79 Å². The topological polar surface area (TPSA) is 60.5 Å². The first kappa shape index (κ1) is 16.8. The molecule has 0 unspecified atom stereocenters. The van der Waals surface area contributed by atoms with Crippen molar-refractivity contribution in [2.45, 2.75) is 24.9 Å². The third-order valence-electron chi connectivity index (χ3n) is 5.60. The van der Waals surface area contributed by atoms with Crippen LogP contribution in [-0.2, 0) is 23.8 Å². The molecule has 1 amide bonds. The molecular formula is C20H21N3O3S. The monoisotopic (exact) mass is 383 g/mol. The van der Waals surface area contributed by atoms with E-state index in [1.807, 2.05) is 24.3 Å². The third kappa shape index (κ3) is 2.73. The standard InChI is InChI=1S/C20H21N3O3S/c1-22-10-7-21-18(22)16-13-14-4-12-26-20(17(14)27-16)5-8-23(9-6-20)19(24)15-3-2-11-25-15/h2-3,7,10-11,13H,4-6,8-9,12H2,1H3. The average molecular weight is 383 g/mol. The molecule has 7 heteroatoms. The Morgan fingerprint density at radius 1 is 1.33 bits per heavy atom. The molecule has 0 N–H and O–H groups in total. The van der Waals surface area contributed by atoms with Crippen LogP contribution < -0.4 is 0 Å². The summed E-state index contributed by atoms with van der Waals surface area (Å²) >= 11 is 1.79. The number of ether oxygens (including phenoxy) is 1. The number of hydrogen-bond acceptors (Lipinski definition) is 5. The highest BCUT2D eigenvalue weighted by Crippen LogP contribution is 2.47. The lowest BCUT2D eigenvalue weighted by molar-refractivity contribution is -0.0908. The Balaban J connectivity index is 1.40. The molecule has 2 aliphatic heterocycles. The number of piperidine rings is 1.